The Balaban J connectivity index is 1.87. The van der Waals surface area contributed by atoms with E-state index in [1.807, 2.05) is 12.1 Å². The molecule has 0 amide bonds. The number of nitrogens with one attached hydrogen (secondary N) is 1. The molecule has 3 aromatic rings. The molecule has 0 saturated carbocycles. The van der Waals surface area contributed by atoms with E-state index in [1.165, 1.54) is 16.9 Å². The zero-order chi connectivity index (χ0) is 13.5. The van der Waals surface area contributed by atoms with Crippen LogP contribution in [-0.2, 0) is 0 Å². The Hall–Kier alpha value is -2.19. The minimum Gasteiger partial charge on any atom is -0.371 e. The summed E-state index contributed by atoms with van der Waals surface area (Å²) in [5, 5.41) is 4.38. The number of benzene rings is 2. The van der Waals surface area contributed by atoms with Crippen molar-refractivity contribution < 1.29 is 0 Å². The minimum absolute atomic E-state index is 0.150. The molecule has 0 aliphatic carbocycles. The number of hydrogen-bond acceptors (Lipinski definition) is 1. The molecule has 0 fully saturated rings. The molecule has 1 aliphatic heterocycles. The first kappa shape index (κ1) is 11.6. The zero-order valence-electron chi connectivity index (χ0n) is 10.8. The SMILES string of the molecule is Clc1ccc([C@H]2Nc3ccccc3-n3cccc32)cc1. The van der Waals surface area contributed by atoms with Crippen LogP contribution >= 0.6 is 11.6 Å². The molecule has 0 radical (unpaired) electrons. The Labute approximate surface area is 122 Å². The van der Waals surface area contributed by atoms with Crippen LogP contribution in [-0.4, -0.2) is 4.57 Å². The standard InChI is InChI=1S/C17H13ClN2/c18-13-9-7-12(8-10-13)17-16-6-3-11-20(16)15-5-2-1-4-14(15)19-17/h1-11,17,19H/t17-/m1/s1. The number of hydrogen-bond donors (Lipinski definition) is 1. The fraction of sp³-hybridized carbons (Fsp3) is 0.0588. The van der Waals surface area contributed by atoms with Crippen LogP contribution in [0.4, 0.5) is 5.69 Å². The van der Waals surface area contributed by atoms with Crippen LogP contribution in [0.3, 0.4) is 0 Å². The number of halogens is 1. The summed E-state index contributed by atoms with van der Waals surface area (Å²) in [5.74, 6) is 0. The van der Waals surface area contributed by atoms with Crippen LogP contribution in [0, 0.1) is 0 Å². The first-order valence-electron chi connectivity index (χ1n) is 6.61. The zero-order valence-corrected chi connectivity index (χ0v) is 11.5. The number of fused-ring (bicyclic) bond motifs is 3. The van der Waals surface area contributed by atoms with Crippen molar-refractivity contribution in [2.75, 3.05) is 5.32 Å². The predicted octanol–water partition coefficient (Wildman–Crippen LogP) is 4.65. The molecule has 0 bridgehead atoms. The fourth-order valence-corrected chi connectivity index (χ4v) is 2.92. The summed E-state index contributed by atoms with van der Waals surface area (Å²) in [4.78, 5) is 0. The van der Waals surface area contributed by atoms with Gasteiger partial charge in [-0.25, -0.2) is 0 Å². The quantitative estimate of drug-likeness (QED) is 0.687. The molecule has 1 aromatic heterocycles. The van der Waals surface area contributed by atoms with E-state index in [1.54, 1.807) is 0 Å². The highest BCUT2D eigenvalue weighted by molar-refractivity contribution is 6.30. The Bertz CT molecular complexity index is 759. The van der Waals surface area contributed by atoms with Gasteiger partial charge < -0.3 is 9.88 Å². The van der Waals surface area contributed by atoms with E-state index in [2.05, 4.69) is 64.6 Å². The Morgan fingerprint density at radius 1 is 0.900 bits per heavy atom. The third-order valence-corrected chi connectivity index (χ3v) is 3.99. The first-order valence-corrected chi connectivity index (χ1v) is 6.99. The van der Waals surface area contributed by atoms with Gasteiger partial charge in [-0.2, -0.15) is 0 Å². The van der Waals surface area contributed by atoms with Crippen molar-refractivity contribution in [2.24, 2.45) is 0 Å². The van der Waals surface area contributed by atoms with E-state index in [0.29, 0.717) is 0 Å². The lowest BCUT2D eigenvalue weighted by molar-refractivity contribution is 0.810. The van der Waals surface area contributed by atoms with E-state index in [0.717, 1.165) is 10.7 Å². The molecule has 0 unspecified atom stereocenters. The largest absolute Gasteiger partial charge is 0.371 e. The van der Waals surface area contributed by atoms with Crippen LogP contribution in [0.5, 0.6) is 0 Å². The van der Waals surface area contributed by atoms with Gasteiger partial charge in [0.25, 0.3) is 0 Å². The molecule has 20 heavy (non-hydrogen) atoms. The Kier molecular flexibility index (Phi) is 2.57. The maximum atomic E-state index is 5.99. The molecule has 0 saturated heterocycles. The van der Waals surface area contributed by atoms with Gasteiger partial charge in [0.1, 0.15) is 0 Å². The van der Waals surface area contributed by atoms with Gasteiger partial charge in [0.2, 0.25) is 0 Å². The second kappa shape index (κ2) is 4.43. The highest BCUT2D eigenvalue weighted by Crippen LogP contribution is 2.36. The monoisotopic (exact) mass is 280 g/mol. The number of nitrogens with zero attached hydrogens (tertiary/aromatic N) is 1. The van der Waals surface area contributed by atoms with Crippen LogP contribution in [0.15, 0.2) is 66.9 Å². The molecule has 1 aliphatic rings. The molecular formula is C17H13ClN2. The average molecular weight is 281 g/mol. The van der Waals surface area contributed by atoms with Gasteiger partial charge in [-0.1, -0.05) is 35.9 Å². The van der Waals surface area contributed by atoms with Gasteiger partial charge >= 0.3 is 0 Å². The molecule has 2 heterocycles. The van der Waals surface area contributed by atoms with E-state index in [-0.39, 0.29) is 6.04 Å². The normalized spacial score (nSPS) is 16.1. The lowest BCUT2D eigenvalue weighted by atomic mass is 10.0. The van der Waals surface area contributed by atoms with Gasteiger partial charge in [-0.15, -0.1) is 0 Å². The van der Waals surface area contributed by atoms with Crippen molar-refractivity contribution >= 4 is 17.3 Å². The molecule has 1 N–H and O–H groups in total. The summed E-state index contributed by atoms with van der Waals surface area (Å²) in [6.45, 7) is 0. The predicted molar refractivity (Wildman–Crippen MR) is 82.7 cm³/mol. The fourth-order valence-electron chi connectivity index (χ4n) is 2.79. The summed E-state index contributed by atoms with van der Waals surface area (Å²) < 4.78 is 2.24. The van der Waals surface area contributed by atoms with Crippen molar-refractivity contribution in [1.82, 2.24) is 4.57 Å². The Morgan fingerprint density at radius 3 is 2.55 bits per heavy atom. The van der Waals surface area contributed by atoms with E-state index in [4.69, 9.17) is 11.6 Å². The summed E-state index contributed by atoms with van der Waals surface area (Å²) in [6.07, 6.45) is 2.11. The summed E-state index contributed by atoms with van der Waals surface area (Å²) >= 11 is 5.99. The maximum Gasteiger partial charge on any atom is 0.0924 e. The van der Waals surface area contributed by atoms with Crippen LogP contribution in [0.25, 0.3) is 5.69 Å². The van der Waals surface area contributed by atoms with E-state index in [9.17, 15) is 0 Å². The Morgan fingerprint density at radius 2 is 1.70 bits per heavy atom. The molecular weight excluding hydrogens is 268 g/mol. The van der Waals surface area contributed by atoms with Crippen molar-refractivity contribution in [1.29, 1.82) is 0 Å². The molecule has 2 aromatic carbocycles. The van der Waals surface area contributed by atoms with Gasteiger partial charge in [-0.3, -0.25) is 0 Å². The molecule has 4 rings (SSSR count). The van der Waals surface area contributed by atoms with Crippen molar-refractivity contribution in [2.45, 2.75) is 6.04 Å². The van der Waals surface area contributed by atoms with Crippen LogP contribution < -0.4 is 5.32 Å². The average Bonchev–Trinajstić information content (AvgIpc) is 2.97. The number of aromatic nitrogens is 1. The summed E-state index contributed by atoms with van der Waals surface area (Å²) in [7, 11) is 0. The topological polar surface area (TPSA) is 17.0 Å². The number of rotatable bonds is 1. The van der Waals surface area contributed by atoms with Crippen LogP contribution in [0.2, 0.25) is 5.02 Å². The van der Waals surface area contributed by atoms with Gasteiger partial charge in [-0.05, 0) is 42.0 Å². The smallest absolute Gasteiger partial charge is 0.0924 e. The van der Waals surface area contributed by atoms with Crippen molar-refractivity contribution in [3.8, 4) is 5.69 Å². The van der Waals surface area contributed by atoms with Gasteiger partial charge in [0.05, 0.1) is 17.4 Å². The lowest BCUT2D eigenvalue weighted by Gasteiger charge is -2.29. The lowest BCUT2D eigenvalue weighted by Crippen LogP contribution is -2.21. The summed E-state index contributed by atoms with van der Waals surface area (Å²) in [5.41, 5.74) is 4.80. The minimum atomic E-state index is 0.150. The van der Waals surface area contributed by atoms with Gasteiger partial charge in [0.15, 0.2) is 0 Å². The first-order chi connectivity index (χ1) is 9.83. The number of anilines is 1. The second-order valence-electron chi connectivity index (χ2n) is 4.95. The van der Waals surface area contributed by atoms with E-state index < -0.39 is 0 Å². The summed E-state index contributed by atoms with van der Waals surface area (Å²) in [6, 6.07) is 20.8. The molecule has 3 heteroatoms. The third-order valence-electron chi connectivity index (χ3n) is 3.74. The van der Waals surface area contributed by atoms with Crippen molar-refractivity contribution in [3.05, 3.63) is 83.1 Å². The third kappa shape index (κ3) is 1.73. The van der Waals surface area contributed by atoms with Crippen molar-refractivity contribution in [3.63, 3.8) is 0 Å². The highest BCUT2D eigenvalue weighted by atomic mass is 35.5. The van der Waals surface area contributed by atoms with E-state index >= 15 is 0 Å². The van der Waals surface area contributed by atoms with Crippen LogP contribution in [0.1, 0.15) is 17.3 Å². The van der Waals surface area contributed by atoms with Gasteiger partial charge in [0, 0.05) is 16.9 Å². The highest BCUT2D eigenvalue weighted by Gasteiger charge is 2.24. The molecule has 2 nitrogen and oxygen atoms in total. The maximum absolute atomic E-state index is 5.99. The molecule has 0 spiro atoms. The number of para-hydroxylation sites is 2. The molecule has 1 atom stereocenters. The molecule has 98 valence electrons. The second-order valence-corrected chi connectivity index (χ2v) is 5.39.